The molecule has 0 spiro atoms. The molecule has 4 heterocycles. The highest BCUT2D eigenvalue weighted by atomic mass is 16.3. The monoisotopic (exact) mass is 793 g/mol. The topological polar surface area (TPSA) is 69.6 Å². The number of para-hydroxylation sites is 2. The molecule has 8 aromatic carbocycles. The largest absolute Gasteiger partial charge is 0.455 e. The minimum Gasteiger partial charge on any atom is -0.455 e. The van der Waals surface area contributed by atoms with Gasteiger partial charge in [-0.1, -0.05) is 158 Å². The Morgan fingerprint density at radius 1 is 0.371 bits per heavy atom. The van der Waals surface area contributed by atoms with Gasteiger partial charge in [0.15, 0.2) is 17.5 Å². The molecular weight excluding hydrogens is 759 g/mol. The van der Waals surface area contributed by atoms with Crippen LogP contribution in [0.3, 0.4) is 0 Å². The highest BCUT2D eigenvalue weighted by molar-refractivity contribution is 6.24. The van der Waals surface area contributed by atoms with E-state index in [4.69, 9.17) is 24.4 Å². The summed E-state index contributed by atoms with van der Waals surface area (Å²) in [5.41, 5.74) is 13.4. The second kappa shape index (κ2) is 14.7. The van der Waals surface area contributed by atoms with Crippen LogP contribution in [0.2, 0.25) is 0 Å². The summed E-state index contributed by atoms with van der Waals surface area (Å²) in [4.78, 5) is 20.7. The summed E-state index contributed by atoms with van der Waals surface area (Å²) < 4.78 is 9.28. The molecule has 0 aliphatic heterocycles. The molecule has 12 aromatic rings. The van der Waals surface area contributed by atoms with Crippen molar-refractivity contribution in [1.82, 2.24) is 24.5 Å². The minimum absolute atomic E-state index is 0.527. The van der Waals surface area contributed by atoms with Crippen molar-refractivity contribution in [3.05, 3.63) is 212 Å². The van der Waals surface area contributed by atoms with Crippen molar-refractivity contribution in [1.29, 1.82) is 0 Å². The van der Waals surface area contributed by atoms with Crippen LogP contribution in [0, 0.1) is 0 Å². The summed E-state index contributed by atoms with van der Waals surface area (Å²) in [6.07, 6.45) is 1.96. The number of pyridine rings is 1. The number of hydrogen-bond acceptors (Lipinski definition) is 5. The van der Waals surface area contributed by atoms with Gasteiger partial charge in [0.1, 0.15) is 11.2 Å². The molecule has 0 atom stereocenters. The van der Waals surface area contributed by atoms with Crippen LogP contribution < -0.4 is 0 Å². The Morgan fingerprint density at radius 2 is 0.935 bits per heavy atom. The molecule has 6 heteroatoms. The smallest absolute Gasteiger partial charge is 0.166 e. The van der Waals surface area contributed by atoms with Gasteiger partial charge in [-0.2, -0.15) is 0 Å². The van der Waals surface area contributed by atoms with E-state index in [2.05, 4.69) is 144 Å². The van der Waals surface area contributed by atoms with Crippen LogP contribution in [0.25, 0.3) is 117 Å². The Labute approximate surface area is 357 Å². The normalized spacial score (nSPS) is 11.5. The molecule has 290 valence electrons. The molecule has 6 nitrogen and oxygen atoms in total. The lowest BCUT2D eigenvalue weighted by molar-refractivity contribution is 0.673. The fraction of sp³-hybridized carbons (Fsp3) is 0. The Hall–Kier alpha value is -8.48. The van der Waals surface area contributed by atoms with E-state index < -0.39 is 0 Å². The molecule has 0 N–H and O–H groups in total. The van der Waals surface area contributed by atoms with Gasteiger partial charge < -0.3 is 8.98 Å². The van der Waals surface area contributed by atoms with Crippen LogP contribution >= 0.6 is 0 Å². The maximum atomic E-state index is 6.96. The molecule has 0 aliphatic rings. The molecule has 4 aromatic heterocycles. The van der Waals surface area contributed by atoms with Crippen molar-refractivity contribution in [3.8, 4) is 73.4 Å². The standard InChI is InChI=1S/C56H35N5O/c1-5-17-36(18-6-1)42-25-13-14-26-43(42)40-33-47(56-59-54(37-19-7-2-8-20-37)58-55(60-56)38-21-9-3-10-22-38)52(57-35-40)39-29-30-44-45-31-32-49-51(53(45)62-50(44)34-39)46-27-15-16-28-48(46)61(49)41-23-11-4-12-24-41/h1-35H. The van der Waals surface area contributed by atoms with Crippen molar-refractivity contribution in [3.63, 3.8) is 0 Å². The van der Waals surface area contributed by atoms with Gasteiger partial charge in [-0.25, -0.2) is 15.0 Å². The third-order valence-electron chi connectivity index (χ3n) is 11.7. The highest BCUT2D eigenvalue weighted by Crippen LogP contribution is 2.43. The molecular formula is C56H35N5O. The second-order valence-corrected chi connectivity index (χ2v) is 15.4. The van der Waals surface area contributed by atoms with E-state index in [0.29, 0.717) is 17.5 Å². The van der Waals surface area contributed by atoms with Gasteiger partial charge in [-0.05, 0) is 65.2 Å². The van der Waals surface area contributed by atoms with Crippen molar-refractivity contribution in [2.45, 2.75) is 0 Å². The molecule has 0 unspecified atom stereocenters. The lowest BCUT2D eigenvalue weighted by atomic mass is 9.93. The Morgan fingerprint density at radius 3 is 1.63 bits per heavy atom. The van der Waals surface area contributed by atoms with Crippen LogP contribution in [0.5, 0.6) is 0 Å². The summed E-state index contributed by atoms with van der Waals surface area (Å²) in [6.45, 7) is 0. The first-order chi connectivity index (χ1) is 30.7. The Kier molecular flexibility index (Phi) is 8.38. The number of benzene rings is 8. The van der Waals surface area contributed by atoms with Gasteiger partial charge in [-0.15, -0.1) is 0 Å². The predicted octanol–water partition coefficient (Wildman–Crippen LogP) is 14.3. The van der Waals surface area contributed by atoms with Crippen molar-refractivity contribution in [2.24, 2.45) is 0 Å². The first-order valence-electron chi connectivity index (χ1n) is 20.7. The van der Waals surface area contributed by atoms with E-state index in [-0.39, 0.29) is 0 Å². The molecule has 62 heavy (non-hydrogen) atoms. The molecule has 0 fully saturated rings. The zero-order chi connectivity index (χ0) is 41.0. The van der Waals surface area contributed by atoms with Gasteiger partial charge in [0.05, 0.1) is 22.1 Å². The summed E-state index contributed by atoms with van der Waals surface area (Å²) in [6, 6.07) is 71.1. The molecule has 0 saturated carbocycles. The summed E-state index contributed by atoms with van der Waals surface area (Å²) in [5.74, 6) is 1.70. The summed E-state index contributed by atoms with van der Waals surface area (Å²) >= 11 is 0. The van der Waals surface area contributed by atoms with E-state index in [1.54, 1.807) is 0 Å². The molecule has 0 radical (unpaired) electrons. The van der Waals surface area contributed by atoms with Gasteiger partial charge in [0.2, 0.25) is 0 Å². The van der Waals surface area contributed by atoms with E-state index >= 15 is 0 Å². The average molecular weight is 794 g/mol. The third kappa shape index (κ3) is 5.96. The fourth-order valence-electron chi connectivity index (χ4n) is 8.83. The summed E-state index contributed by atoms with van der Waals surface area (Å²) in [5, 5.41) is 4.33. The van der Waals surface area contributed by atoms with Gasteiger partial charge in [-0.3, -0.25) is 4.98 Å². The van der Waals surface area contributed by atoms with E-state index in [1.807, 2.05) is 72.9 Å². The van der Waals surface area contributed by atoms with Crippen LogP contribution in [0.4, 0.5) is 0 Å². The van der Waals surface area contributed by atoms with Crippen molar-refractivity contribution >= 4 is 43.7 Å². The predicted molar refractivity (Wildman–Crippen MR) is 252 cm³/mol. The SMILES string of the molecule is c1ccc(-c2nc(-c3ccccc3)nc(-c3cc(-c4ccccc4-c4ccccc4)cnc3-c3ccc4c(c3)oc3c4ccc4c3c3ccccc3n4-c3ccccc3)n2)cc1. The first-order valence-corrected chi connectivity index (χ1v) is 20.7. The zero-order valence-electron chi connectivity index (χ0n) is 33.4. The third-order valence-corrected chi connectivity index (χ3v) is 11.7. The Bertz CT molecular complexity index is 3560. The number of furan rings is 1. The van der Waals surface area contributed by atoms with Crippen molar-refractivity contribution < 1.29 is 4.42 Å². The zero-order valence-corrected chi connectivity index (χ0v) is 33.4. The minimum atomic E-state index is 0.527. The van der Waals surface area contributed by atoms with Crippen LogP contribution in [-0.2, 0) is 0 Å². The quantitative estimate of drug-likeness (QED) is 0.161. The number of nitrogens with zero attached hydrogens (tertiary/aromatic N) is 5. The van der Waals surface area contributed by atoms with E-state index in [0.717, 1.165) is 99.6 Å². The summed E-state index contributed by atoms with van der Waals surface area (Å²) in [7, 11) is 0. The van der Waals surface area contributed by atoms with Gasteiger partial charge in [0.25, 0.3) is 0 Å². The second-order valence-electron chi connectivity index (χ2n) is 15.4. The number of fused-ring (bicyclic) bond motifs is 7. The molecule has 0 amide bonds. The lowest BCUT2D eigenvalue weighted by Crippen LogP contribution is -2.02. The van der Waals surface area contributed by atoms with Crippen LogP contribution in [0.15, 0.2) is 217 Å². The van der Waals surface area contributed by atoms with Crippen molar-refractivity contribution in [2.75, 3.05) is 0 Å². The molecule has 0 bridgehead atoms. The number of aromatic nitrogens is 5. The van der Waals surface area contributed by atoms with E-state index in [1.165, 1.54) is 0 Å². The van der Waals surface area contributed by atoms with Crippen LogP contribution in [-0.4, -0.2) is 24.5 Å². The first kappa shape index (κ1) is 35.5. The molecule has 0 aliphatic carbocycles. The van der Waals surface area contributed by atoms with Crippen LogP contribution in [0.1, 0.15) is 0 Å². The Balaban J connectivity index is 1.09. The molecule has 0 saturated heterocycles. The van der Waals surface area contributed by atoms with Gasteiger partial charge >= 0.3 is 0 Å². The fourth-order valence-corrected chi connectivity index (χ4v) is 8.83. The van der Waals surface area contributed by atoms with E-state index in [9.17, 15) is 0 Å². The maximum Gasteiger partial charge on any atom is 0.166 e. The highest BCUT2D eigenvalue weighted by Gasteiger charge is 2.22. The number of hydrogen-bond donors (Lipinski definition) is 0. The molecule has 12 rings (SSSR count). The maximum absolute atomic E-state index is 6.96. The number of rotatable bonds is 7. The average Bonchev–Trinajstić information content (AvgIpc) is 3.90. The lowest BCUT2D eigenvalue weighted by Gasteiger charge is -2.15. The van der Waals surface area contributed by atoms with Gasteiger partial charge in [0, 0.05) is 55.9 Å².